The van der Waals surface area contributed by atoms with E-state index in [1.165, 1.54) is 6.21 Å². The van der Waals surface area contributed by atoms with Gasteiger partial charge in [0.15, 0.2) is 6.61 Å². The topological polar surface area (TPSA) is 117 Å². The lowest BCUT2D eigenvalue weighted by atomic mass is 10.2. The minimum absolute atomic E-state index is 0.186. The van der Waals surface area contributed by atoms with Crippen LogP contribution < -0.4 is 19.8 Å². The predicted octanol–water partition coefficient (Wildman–Crippen LogP) is 3.27. The number of amides is 2. The van der Waals surface area contributed by atoms with Gasteiger partial charge in [0.25, 0.3) is 11.8 Å². The van der Waals surface area contributed by atoms with Gasteiger partial charge in [0.05, 0.1) is 18.2 Å². The number of anilines is 2. The Labute approximate surface area is 208 Å². The molecule has 0 heterocycles. The smallest absolute Gasteiger partial charge is 0.262 e. The Morgan fingerprint density at radius 1 is 1.00 bits per heavy atom. The van der Waals surface area contributed by atoms with Crippen molar-refractivity contribution in [1.29, 1.82) is 0 Å². The number of para-hydroxylation sites is 1. The van der Waals surface area contributed by atoms with Crippen molar-refractivity contribution in [3.05, 3.63) is 89.4 Å². The Morgan fingerprint density at radius 3 is 2.37 bits per heavy atom. The van der Waals surface area contributed by atoms with Crippen molar-refractivity contribution in [3.63, 3.8) is 0 Å². The Balaban J connectivity index is 1.48. The van der Waals surface area contributed by atoms with Crippen LogP contribution in [-0.2, 0) is 19.6 Å². The zero-order valence-electron chi connectivity index (χ0n) is 18.7. The summed E-state index contributed by atoms with van der Waals surface area (Å²) in [4.78, 5) is 24.2. The van der Waals surface area contributed by atoms with Gasteiger partial charge in [0.2, 0.25) is 10.0 Å². The Bertz CT molecular complexity index is 1300. The summed E-state index contributed by atoms with van der Waals surface area (Å²) in [5.41, 5.74) is 3.93. The van der Waals surface area contributed by atoms with Gasteiger partial charge < -0.3 is 10.1 Å². The normalized spacial score (nSPS) is 11.1. The molecule has 0 saturated carbocycles. The molecule has 182 valence electrons. The number of nitrogens with one attached hydrogen (secondary N) is 2. The number of benzene rings is 3. The highest BCUT2D eigenvalue weighted by atomic mass is 35.5. The fourth-order valence-electron chi connectivity index (χ4n) is 2.90. The highest BCUT2D eigenvalue weighted by Crippen LogP contribution is 2.17. The van der Waals surface area contributed by atoms with Gasteiger partial charge in [-0.2, -0.15) is 5.10 Å². The second-order valence-electron chi connectivity index (χ2n) is 7.31. The van der Waals surface area contributed by atoms with E-state index in [1.807, 2.05) is 0 Å². The number of hydrogen-bond donors (Lipinski definition) is 2. The maximum atomic E-state index is 12.2. The number of halogens is 1. The van der Waals surface area contributed by atoms with Crippen molar-refractivity contribution >= 4 is 51.0 Å². The molecule has 0 aliphatic heterocycles. The molecule has 11 heteroatoms. The molecule has 2 amide bonds. The number of carbonyl (C=O) groups excluding carboxylic acids is 2. The number of rotatable bonds is 10. The molecule has 35 heavy (non-hydrogen) atoms. The molecule has 0 unspecified atom stereocenters. The molecule has 0 saturated heterocycles. The van der Waals surface area contributed by atoms with E-state index in [0.717, 1.165) is 10.6 Å². The molecule has 0 radical (unpaired) electrons. The van der Waals surface area contributed by atoms with E-state index in [9.17, 15) is 18.0 Å². The van der Waals surface area contributed by atoms with Crippen molar-refractivity contribution in [2.45, 2.75) is 0 Å². The van der Waals surface area contributed by atoms with Crippen LogP contribution >= 0.6 is 11.6 Å². The maximum Gasteiger partial charge on any atom is 0.262 e. The van der Waals surface area contributed by atoms with E-state index in [0.29, 0.717) is 27.7 Å². The van der Waals surface area contributed by atoms with E-state index < -0.39 is 22.5 Å². The number of ether oxygens (including phenoxy) is 1. The van der Waals surface area contributed by atoms with Gasteiger partial charge in [-0.15, -0.1) is 0 Å². The molecule has 3 aromatic carbocycles. The van der Waals surface area contributed by atoms with Crippen LogP contribution in [0.25, 0.3) is 0 Å². The molecule has 0 aliphatic rings. The zero-order valence-corrected chi connectivity index (χ0v) is 20.3. The van der Waals surface area contributed by atoms with E-state index in [4.69, 9.17) is 16.3 Å². The Morgan fingerprint density at radius 2 is 1.71 bits per heavy atom. The van der Waals surface area contributed by atoms with E-state index >= 15 is 0 Å². The minimum Gasteiger partial charge on any atom is -0.484 e. The summed E-state index contributed by atoms with van der Waals surface area (Å²) in [7, 11) is -3.65. The van der Waals surface area contributed by atoms with Gasteiger partial charge in [-0.05, 0) is 60.2 Å². The number of hydrogen-bond acceptors (Lipinski definition) is 6. The molecule has 3 aromatic rings. The quantitative estimate of drug-likeness (QED) is 0.318. The molecule has 9 nitrogen and oxygen atoms in total. The highest BCUT2D eigenvalue weighted by Gasteiger charge is 2.20. The molecule has 3 rings (SSSR count). The average Bonchev–Trinajstić information content (AvgIpc) is 2.82. The van der Waals surface area contributed by atoms with Crippen LogP contribution in [0.3, 0.4) is 0 Å². The summed E-state index contributed by atoms with van der Waals surface area (Å²) < 4.78 is 30.6. The molecule has 0 fully saturated rings. The molecular weight excluding hydrogens is 492 g/mol. The Hall–Kier alpha value is -3.89. The van der Waals surface area contributed by atoms with Gasteiger partial charge in [-0.25, -0.2) is 13.8 Å². The molecule has 0 aromatic heterocycles. The largest absolute Gasteiger partial charge is 0.484 e. The fourth-order valence-corrected chi connectivity index (χ4v) is 3.95. The third-order valence-corrected chi connectivity index (χ3v) is 5.87. The third kappa shape index (κ3) is 8.43. The van der Waals surface area contributed by atoms with Crippen LogP contribution in [0.4, 0.5) is 11.4 Å². The molecule has 0 atom stereocenters. The van der Waals surface area contributed by atoms with Crippen LogP contribution in [0.2, 0.25) is 5.02 Å². The first kappa shape index (κ1) is 25.7. The van der Waals surface area contributed by atoms with Gasteiger partial charge in [-0.3, -0.25) is 13.9 Å². The Kier molecular flexibility index (Phi) is 8.82. The van der Waals surface area contributed by atoms with Crippen LogP contribution in [-0.4, -0.2) is 45.9 Å². The number of nitrogens with zero attached hydrogens (tertiary/aromatic N) is 2. The lowest BCUT2D eigenvalue weighted by Gasteiger charge is -2.21. The van der Waals surface area contributed by atoms with E-state index in [1.54, 1.807) is 78.9 Å². The SMILES string of the molecule is CS(=O)(=O)N(CC(=O)N/N=C\c1ccc(OCC(=O)Nc2cccc(Cl)c2)cc1)c1ccccc1. The number of sulfonamides is 1. The van der Waals surface area contributed by atoms with Crippen LogP contribution in [0.1, 0.15) is 5.56 Å². The molecule has 0 bridgehead atoms. The van der Waals surface area contributed by atoms with Crippen LogP contribution in [0, 0.1) is 0 Å². The van der Waals surface area contributed by atoms with Gasteiger partial charge in [0.1, 0.15) is 12.3 Å². The molecule has 0 spiro atoms. The first-order valence-electron chi connectivity index (χ1n) is 10.3. The first-order chi connectivity index (χ1) is 16.7. The van der Waals surface area contributed by atoms with Crippen molar-refractivity contribution in [1.82, 2.24) is 5.43 Å². The van der Waals surface area contributed by atoms with Crippen molar-refractivity contribution in [2.24, 2.45) is 5.10 Å². The summed E-state index contributed by atoms with van der Waals surface area (Å²) in [6, 6.07) is 21.8. The second-order valence-corrected chi connectivity index (χ2v) is 9.66. The van der Waals surface area contributed by atoms with Crippen molar-refractivity contribution < 1.29 is 22.7 Å². The number of hydrazone groups is 1. The van der Waals surface area contributed by atoms with Crippen LogP contribution in [0.15, 0.2) is 84.0 Å². The summed E-state index contributed by atoms with van der Waals surface area (Å²) in [6.07, 6.45) is 2.43. The zero-order chi connectivity index (χ0) is 25.3. The monoisotopic (exact) mass is 514 g/mol. The predicted molar refractivity (Wildman–Crippen MR) is 136 cm³/mol. The number of carbonyl (C=O) groups is 2. The van der Waals surface area contributed by atoms with Gasteiger partial charge in [-0.1, -0.05) is 35.9 Å². The van der Waals surface area contributed by atoms with Gasteiger partial charge >= 0.3 is 0 Å². The van der Waals surface area contributed by atoms with E-state index in [2.05, 4.69) is 15.8 Å². The second kappa shape index (κ2) is 12.0. The maximum absolute atomic E-state index is 12.2. The highest BCUT2D eigenvalue weighted by molar-refractivity contribution is 7.92. The summed E-state index contributed by atoms with van der Waals surface area (Å²) >= 11 is 5.89. The van der Waals surface area contributed by atoms with Crippen LogP contribution in [0.5, 0.6) is 5.75 Å². The molecule has 2 N–H and O–H groups in total. The first-order valence-corrected chi connectivity index (χ1v) is 12.6. The lowest BCUT2D eigenvalue weighted by molar-refractivity contribution is -0.119. The molecular formula is C24H23ClN4O5S. The summed E-state index contributed by atoms with van der Waals surface area (Å²) in [5.74, 6) is -0.459. The third-order valence-electron chi connectivity index (χ3n) is 4.49. The van der Waals surface area contributed by atoms with E-state index in [-0.39, 0.29) is 12.5 Å². The minimum atomic E-state index is -3.65. The van der Waals surface area contributed by atoms with Crippen molar-refractivity contribution in [3.8, 4) is 5.75 Å². The lowest BCUT2D eigenvalue weighted by Crippen LogP contribution is -2.38. The fraction of sp³-hybridized carbons (Fsp3) is 0.125. The molecule has 0 aliphatic carbocycles. The van der Waals surface area contributed by atoms with Crippen molar-refractivity contribution in [2.75, 3.05) is 29.0 Å². The van der Waals surface area contributed by atoms with Gasteiger partial charge in [0, 0.05) is 10.7 Å². The average molecular weight is 515 g/mol. The summed E-state index contributed by atoms with van der Waals surface area (Å²) in [6.45, 7) is -0.599. The standard InChI is InChI=1S/C24H23ClN4O5S/c1-35(32,33)29(21-8-3-2-4-9-21)16-23(30)28-26-15-18-10-12-22(13-11-18)34-17-24(31)27-20-7-5-6-19(25)14-20/h2-15H,16-17H2,1H3,(H,27,31)(H,28,30)/b26-15-. The summed E-state index contributed by atoms with van der Waals surface area (Å²) in [5, 5.41) is 7.07.